The SMILES string of the molecule is CC(C)(C)CNC(=O)COc1ccc(CNc2c(Cl)ccc3c2CCN(C(=O)C(F)(F)F)CC3)cn1. The topological polar surface area (TPSA) is 83.6 Å². The van der Waals surface area contributed by atoms with Gasteiger partial charge in [-0.05, 0) is 41.0 Å². The molecule has 196 valence electrons. The van der Waals surface area contributed by atoms with Crippen molar-refractivity contribution in [2.24, 2.45) is 5.41 Å². The molecule has 1 aromatic heterocycles. The van der Waals surface area contributed by atoms with Crippen LogP contribution in [0.5, 0.6) is 5.88 Å². The first-order valence-electron chi connectivity index (χ1n) is 11.6. The highest BCUT2D eigenvalue weighted by atomic mass is 35.5. The van der Waals surface area contributed by atoms with Gasteiger partial charge in [0.05, 0.1) is 10.7 Å². The summed E-state index contributed by atoms with van der Waals surface area (Å²) in [6.45, 7) is 6.77. The summed E-state index contributed by atoms with van der Waals surface area (Å²) in [6.07, 6.45) is -2.73. The van der Waals surface area contributed by atoms with E-state index in [1.165, 1.54) is 0 Å². The monoisotopic (exact) mass is 526 g/mol. The number of pyridine rings is 1. The van der Waals surface area contributed by atoms with E-state index in [0.29, 0.717) is 36.1 Å². The lowest BCUT2D eigenvalue weighted by molar-refractivity contribution is -0.185. The number of rotatable bonds is 7. The summed E-state index contributed by atoms with van der Waals surface area (Å²) in [5.41, 5.74) is 3.07. The highest BCUT2D eigenvalue weighted by Gasteiger charge is 2.42. The molecule has 0 fully saturated rings. The Morgan fingerprint density at radius 3 is 2.47 bits per heavy atom. The van der Waals surface area contributed by atoms with Gasteiger partial charge in [0.2, 0.25) is 5.88 Å². The summed E-state index contributed by atoms with van der Waals surface area (Å²) in [4.78, 5) is 28.7. The highest BCUT2D eigenvalue weighted by Crippen LogP contribution is 2.32. The second-order valence-corrected chi connectivity index (χ2v) is 10.2. The number of anilines is 1. The zero-order valence-corrected chi connectivity index (χ0v) is 21.2. The minimum Gasteiger partial charge on any atom is -0.468 e. The van der Waals surface area contributed by atoms with Gasteiger partial charge in [0.1, 0.15) is 0 Å². The lowest BCUT2D eigenvalue weighted by Gasteiger charge is -2.21. The van der Waals surface area contributed by atoms with Crippen molar-refractivity contribution in [2.75, 3.05) is 31.6 Å². The third-order valence-corrected chi connectivity index (χ3v) is 5.92. The van der Waals surface area contributed by atoms with Crippen molar-refractivity contribution >= 4 is 29.1 Å². The molecule has 1 aliphatic heterocycles. The molecule has 0 bridgehead atoms. The van der Waals surface area contributed by atoms with Gasteiger partial charge in [0.15, 0.2) is 6.61 Å². The predicted molar refractivity (Wildman–Crippen MR) is 131 cm³/mol. The maximum absolute atomic E-state index is 12.9. The van der Waals surface area contributed by atoms with Crippen LogP contribution in [0.3, 0.4) is 0 Å². The van der Waals surface area contributed by atoms with Crippen LogP contribution in [0.15, 0.2) is 30.5 Å². The fourth-order valence-electron chi connectivity index (χ4n) is 3.72. The Kier molecular flexibility index (Phi) is 8.71. The number of hydrogen-bond donors (Lipinski definition) is 2. The van der Waals surface area contributed by atoms with Gasteiger partial charge in [-0.25, -0.2) is 4.98 Å². The van der Waals surface area contributed by atoms with E-state index in [1.807, 2.05) is 20.8 Å². The van der Waals surface area contributed by atoms with E-state index in [1.54, 1.807) is 30.5 Å². The number of benzene rings is 1. The number of fused-ring (bicyclic) bond motifs is 1. The van der Waals surface area contributed by atoms with Gasteiger partial charge < -0.3 is 20.3 Å². The molecule has 1 aromatic carbocycles. The van der Waals surface area contributed by atoms with E-state index in [0.717, 1.165) is 21.6 Å². The van der Waals surface area contributed by atoms with Gasteiger partial charge in [-0.3, -0.25) is 9.59 Å². The Morgan fingerprint density at radius 1 is 1.11 bits per heavy atom. The van der Waals surface area contributed by atoms with Gasteiger partial charge in [-0.15, -0.1) is 0 Å². The molecule has 0 saturated carbocycles. The third kappa shape index (κ3) is 7.74. The van der Waals surface area contributed by atoms with Crippen LogP contribution in [-0.2, 0) is 29.0 Å². The lowest BCUT2D eigenvalue weighted by Crippen LogP contribution is -2.42. The summed E-state index contributed by atoms with van der Waals surface area (Å²) in [6, 6.07) is 6.93. The van der Waals surface area contributed by atoms with Crippen LogP contribution in [-0.4, -0.2) is 54.1 Å². The standard InChI is InChI=1S/C25H30ClF3N4O3/c1-24(2,3)15-32-20(34)14-36-21-7-4-16(12-30-21)13-31-22-18-9-11-33(23(35)25(27,28)29)10-8-17(18)5-6-19(22)26/h4-7,12,31H,8-11,13-15H2,1-3H3,(H,32,34). The first-order chi connectivity index (χ1) is 16.8. The molecule has 7 nitrogen and oxygen atoms in total. The molecule has 11 heteroatoms. The third-order valence-electron chi connectivity index (χ3n) is 5.61. The highest BCUT2D eigenvalue weighted by molar-refractivity contribution is 6.33. The van der Waals surface area contributed by atoms with Crippen LogP contribution < -0.4 is 15.4 Å². The van der Waals surface area contributed by atoms with E-state index in [9.17, 15) is 22.8 Å². The van der Waals surface area contributed by atoms with Crippen LogP contribution in [0.1, 0.15) is 37.5 Å². The Balaban J connectivity index is 1.59. The molecule has 36 heavy (non-hydrogen) atoms. The zero-order valence-electron chi connectivity index (χ0n) is 20.5. The molecule has 0 spiro atoms. The van der Waals surface area contributed by atoms with Gasteiger partial charge in [-0.1, -0.05) is 44.5 Å². The first kappa shape index (κ1) is 27.6. The maximum Gasteiger partial charge on any atom is 0.471 e. The number of amides is 2. The molecular weight excluding hydrogens is 497 g/mol. The molecule has 0 unspecified atom stereocenters. The van der Waals surface area contributed by atoms with Crippen molar-refractivity contribution in [3.05, 3.63) is 52.2 Å². The first-order valence-corrected chi connectivity index (χ1v) is 12.0. The van der Waals surface area contributed by atoms with Gasteiger partial charge >= 0.3 is 12.1 Å². The Hall–Kier alpha value is -3.01. The molecular formula is C25H30ClF3N4O3. The number of alkyl halides is 3. The van der Waals surface area contributed by atoms with Crippen LogP contribution in [0.25, 0.3) is 0 Å². The summed E-state index contributed by atoms with van der Waals surface area (Å²) in [7, 11) is 0. The number of hydrogen-bond acceptors (Lipinski definition) is 5. The quantitative estimate of drug-likeness (QED) is 0.559. The number of carbonyl (C=O) groups is 2. The maximum atomic E-state index is 12.9. The number of ether oxygens (including phenoxy) is 1. The number of nitrogens with zero attached hydrogens (tertiary/aromatic N) is 2. The normalized spacial score (nSPS) is 14.0. The van der Waals surface area contributed by atoms with Crippen LogP contribution in [0.4, 0.5) is 18.9 Å². The van der Waals surface area contributed by atoms with Gasteiger partial charge in [0.25, 0.3) is 5.91 Å². The van der Waals surface area contributed by atoms with E-state index in [2.05, 4.69) is 15.6 Å². The molecule has 2 amide bonds. The number of halogens is 4. The van der Waals surface area contributed by atoms with Crippen molar-refractivity contribution in [1.82, 2.24) is 15.2 Å². The molecule has 2 aromatic rings. The van der Waals surface area contributed by atoms with E-state index < -0.39 is 12.1 Å². The molecule has 3 rings (SSSR count). The zero-order chi connectivity index (χ0) is 26.5. The smallest absolute Gasteiger partial charge is 0.468 e. The Bertz CT molecular complexity index is 1090. The molecule has 0 saturated heterocycles. The summed E-state index contributed by atoms with van der Waals surface area (Å²) < 4.78 is 44.1. The molecule has 1 aliphatic rings. The molecule has 0 radical (unpaired) electrons. The second-order valence-electron chi connectivity index (χ2n) is 9.83. The molecule has 0 aliphatic carbocycles. The van der Waals surface area contributed by atoms with E-state index in [-0.39, 0.29) is 37.4 Å². The van der Waals surface area contributed by atoms with Crippen molar-refractivity contribution in [3.63, 3.8) is 0 Å². The van der Waals surface area contributed by atoms with Crippen molar-refractivity contribution in [3.8, 4) is 5.88 Å². The van der Waals surface area contributed by atoms with Gasteiger partial charge in [-0.2, -0.15) is 13.2 Å². The lowest BCUT2D eigenvalue weighted by atomic mass is 9.97. The molecule has 0 atom stereocenters. The van der Waals surface area contributed by atoms with Crippen molar-refractivity contribution in [1.29, 1.82) is 0 Å². The Morgan fingerprint density at radius 2 is 1.83 bits per heavy atom. The Labute approximate surface area is 213 Å². The summed E-state index contributed by atoms with van der Waals surface area (Å²) in [5.74, 6) is -1.74. The minimum absolute atomic E-state index is 0.00791. The minimum atomic E-state index is -4.89. The average molecular weight is 527 g/mol. The van der Waals surface area contributed by atoms with Gasteiger partial charge in [0, 0.05) is 38.4 Å². The van der Waals surface area contributed by atoms with Crippen molar-refractivity contribution in [2.45, 2.75) is 46.3 Å². The number of carbonyl (C=O) groups excluding carboxylic acids is 2. The number of aromatic nitrogens is 1. The number of nitrogens with one attached hydrogen (secondary N) is 2. The van der Waals surface area contributed by atoms with Crippen molar-refractivity contribution < 1.29 is 27.5 Å². The fraction of sp³-hybridized carbons (Fsp3) is 0.480. The molecule has 2 heterocycles. The van der Waals surface area contributed by atoms with Crippen LogP contribution >= 0.6 is 11.6 Å². The summed E-state index contributed by atoms with van der Waals surface area (Å²) >= 11 is 6.41. The fourth-order valence-corrected chi connectivity index (χ4v) is 3.96. The summed E-state index contributed by atoms with van der Waals surface area (Å²) in [5, 5.41) is 6.50. The van der Waals surface area contributed by atoms with E-state index >= 15 is 0 Å². The van der Waals surface area contributed by atoms with Crippen LogP contribution in [0, 0.1) is 5.41 Å². The predicted octanol–water partition coefficient (Wildman–Crippen LogP) is 4.38. The van der Waals surface area contributed by atoms with E-state index in [4.69, 9.17) is 16.3 Å². The van der Waals surface area contributed by atoms with Crippen LogP contribution in [0.2, 0.25) is 5.02 Å². The molecule has 2 N–H and O–H groups in total. The second kappa shape index (κ2) is 11.4. The average Bonchev–Trinajstić information content (AvgIpc) is 3.02. The largest absolute Gasteiger partial charge is 0.471 e.